The molecule has 3 aromatic carbocycles. The summed E-state index contributed by atoms with van der Waals surface area (Å²) in [5, 5.41) is 5.44. The smallest absolute Gasteiger partial charge is 0.262 e. The van der Waals surface area contributed by atoms with Gasteiger partial charge >= 0.3 is 0 Å². The number of nitrogens with one attached hydrogen (secondary N) is 2. The molecule has 0 unspecified atom stereocenters. The molecule has 136 valence electrons. The van der Waals surface area contributed by atoms with Crippen LogP contribution in [0.15, 0.2) is 78.9 Å². The third-order valence-electron chi connectivity index (χ3n) is 3.98. The Bertz CT molecular complexity index is 939. The van der Waals surface area contributed by atoms with E-state index in [1.165, 1.54) is 0 Å². The van der Waals surface area contributed by atoms with Crippen LogP contribution in [-0.4, -0.2) is 25.5 Å². The standard InChI is InChI=1S/C22H20N2O3/c1-23-22(26)17-10-7-11-18(14-17)27-15-21(25)24-20-13-6-5-12-19(20)16-8-3-2-4-9-16/h2-14H,15H2,1H3,(H,23,26)(H,24,25). The molecule has 0 saturated heterocycles. The number of hydrogen-bond donors (Lipinski definition) is 2. The molecule has 0 bridgehead atoms. The van der Waals surface area contributed by atoms with Crippen LogP contribution >= 0.6 is 0 Å². The van der Waals surface area contributed by atoms with E-state index in [0.29, 0.717) is 11.3 Å². The van der Waals surface area contributed by atoms with Gasteiger partial charge in [-0.15, -0.1) is 0 Å². The molecule has 0 fully saturated rings. The molecule has 0 aliphatic heterocycles. The highest BCUT2D eigenvalue weighted by Gasteiger charge is 2.10. The van der Waals surface area contributed by atoms with Crippen LogP contribution in [0.3, 0.4) is 0 Å². The van der Waals surface area contributed by atoms with Crippen molar-refractivity contribution in [3.63, 3.8) is 0 Å². The van der Waals surface area contributed by atoms with Crippen LogP contribution in [-0.2, 0) is 4.79 Å². The molecule has 2 N–H and O–H groups in total. The number of anilines is 1. The van der Waals surface area contributed by atoms with E-state index in [9.17, 15) is 9.59 Å². The zero-order valence-electron chi connectivity index (χ0n) is 14.9. The molecule has 27 heavy (non-hydrogen) atoms. The largest absolute Gasteiger partial charge is 0.484 e. The fourth-order valence-electron chi connectivity index (χ4n) is 2.67. The molecule has 0 heterocycles. The fourth-order valence-corrected chi connectivity index (χ4v) is 2.67. The predicted octanol–water partition coefficient (Wildman–Crippen LogP) is 3.73. The summed E-state index contributed by atoms with van der Waals surface area (Å²) in [4.78, 5) is 24.0. The van der Waals surface area contributed by atoms with E-state index in [0.717, 1.165) is 16.8 Å². The first-order chi connectivity index (χ1) is 13.2. The first kappa shape index (κ1) is 18.2. The molecule has 0 radical (unpaired) electrons. The summed E-state index contributed by atoms with van der Waals surface area (Å²) in [5.74, 6) is -0.0204. The zero-order chi connectivity index (χ0) is 19.1. The number of ether oxygens (including phenoxy) is 1. The highest BCUT2D eigenvalue weighted by molar-refractivity contribution is 5.96. The van der Waals surface area contributed by atoms with Crippen molar-refractivity contribution in [1.82, 2.24) is 5.32 Å². The van der Waals surface area contributed by atoms with Crippen LogP contribution < -0.4 is 15.4 Å². The van der Waals surface area contributed by atoms with Crippen molar-refractivity contribution in [2.24, 2.45) is 0 Å². The molecule has 0 saturated carbocycles. The van der Waals surface area contributed by atoms with E-state index < -0.39 is 0 Å². The van der Waals surface area contributed by atoms with E-state index >= 15 is 0 Å². The lowest BCUT2D eigenvalue weighted by atomic mass is 10.0. The topological polar surface area (TPSA) is 67.4 Å². The van der Waals surface area contributed by atoms with Gasteiger partial charge < -0.3 is 15.4 Å². The number of carbonyl (C=O) groups is 2. The van der Waals surface area contributed by atoms with E-state index in [-0.39, 0.29) is 18.4 Å². The summed E-state index contributed by atoms with van der Waals surface area (Å²) in [6.45, 7) is -0.152. The minimum absolute atomic E-state index is 0.152. The quantitative estimate of drug-likeness (QED) is 0.704. The summed E-state index contributed by atoms with van der Waals surface area (Å²) < 4.78 is 5.53. The highest BCUT2D eigenvalue weighted by atomic mass is 16.5. The highest BCUT2D eigenvalue weighted by Crippen LogP contribution is 2.27. The average molecular weight is 360 g/mol. The van der Waals surface area contributed by atoms with Gasteiger partial charge in [-0.05, 0) is 29.8 Å². The lowest BCUT2D eigenvalue weighted by Crippen LogP contribution is -2.21. The minimum Gasteiger partial charge on any atom is -0.484 e. The molecule has 0 aliphatic rings. The Morgan fingerprint density at radius 1 is 0.889 bits per heavy atom. The number of rotatable bonds is 6. The van der Waals surface area contributed by atoms with Gasteiger partial charge in [0, 0.05) is 23.9 Å². The minimum atomic E-state index is -0.274. The summed E-state index contributed by atoms with van der Waals surface area (Å²) in [6, 6.07) is 24.2. The fraction of sp³-hybridized carbons (Fsp3) is 0.0909. The Balaban J connectivity index is 1.67. The van der Waals surface area contributed by atoms with Crippen molar-refractivity contribution in [3.05, 3.63) is 84.4 Å². The summed E-state index contributed by atoms with van der Waals surface area (Å²) in [7, 11) is 1.56. The van der Waals surface area contributed by atoms with E-state index in [2.05, 4.69) is 10.6 Å². The molecule has 0 spiro atoms. The van der Waals surface area contributed by atoms with Gasteiger partial charge in [-0.2, -0.15) is 0 Å². The van der Waals surface area contributed by atoms with Gasteiger partial charge in [-0.1, -0.05) is 54.6 Å². The first-order valence-electron chi connectivity index (χ1n) is 8.56. The Morgan fingerprint density at radius 2 is 1.63 bits per heavy atom. The lowest BCUT2D eigenvalue weighted by molar-refractivity contribution is -0.118. The second kappa shape index (κ2) is 8.67. The number of amides is 2. The van der Waals surface area contributed by atoms with Crippen molar-refractivity contribution in [1.29, 1.82) is 0 Å². The molecule has 3 rings (SSSR count). The van der Waals surface area contributed by atoms with Gasteiger partial charge in [-0.25, -0.2) is 0 Å². The number of benzene rings is 3. The summed E-state index contributed by atoms with van der Waals surface area (Å²) >= 11 is 0. The van der Waals surface area contributed by atoms with Gasteiger partial charge in [0.05, 0.1) is 0 Å². The lowest BCUT2D eigenvalue weighted by Gasteiger charge is -2.12. The van der Waals surface area contributed by atoms with Crippen LogP contribution in [0, 0.1) is 0 Å². The van der Waals surface area contributed by atoms with E-state index in [1.807, 2.05) is 54.6 Å². The predicted molar refractivity (Wildman–Crippen MR) is 106 cm³/mol. The van der Waals surface area contributed by atoms with Crippen molar-refractivity contribution in [2.75, 3.05) is 19.0 Å². The van der Waals surface area contributed by atoms with Crippen LogP contribution in [0.4, 0.5) is 5.69 Å². The molecule has 5 heteroatoms. The monoisotopic (exact) mass is 360 g/mol. The normalized spacial score (nSPS) is 10.1. The third-order valence-corrected chi connectivity index (χ3v) is 3.98. The molecule has 0 aliphatic carbocycles. The zero-order valence-corrected chi connectivity index (χ0v) is 14.9. The number of para-hydroxylation sites is 1. The van der Waals surface area contributed by atoms with Crippen LogP contribution in [0.25, 0.3) is 11.1 Å². The van der Waals surface area contributed by atoms with Crippen molar-refractivity contribution in [2.45, 2.75) is 0 Å². The third kappa shape index (κ3) is 4.73. The first-order valence-corrected chi connectivity index (χ1v) is 8.56. The molecular weight excluding hydrogens is 340 g/mol. The average Bonchev–Trinajstić information content (AvgIpc) is 2.73. The Kier molecular flexibility index (Phi) is 5.84. The maximum absolute atomic E-state index is 12.3. The number of carbonyl (C=O) groups excluding carboxylic acids is 2. The summed E-state index contributed by atoms with van der Waals surface area (Å²) in [5.41, 5.74) is 3.15. The molecule has 3 aromatic rings. The van der Waals surface area contributed by atoms with Crippen molar-refractivity contribution in [3.8, 4) is 16.9 Å². The van der Waals surface area contributed by atoms with Crippen LogP contribution in [0.5, 0.6) is 5.75 Å². The molecular formula is C22H20N2O3. The van der Waals surface area contributed by atoms with Gasteiger partial charge in [0.15, 0.2) is 6.61 Å². The second-order valence-corrected chi connectivity index (χ2v) is 5.86. The van der Waals surface area contributed by atoms with Crippen LogP contribution in [0.2, 0.25) is 0 Å². The molecule has 5 nitrogen and oxygen atoms in total. The maximum Gasteiger partial charge on any atom is 0.262 e. The van der Waals surface area contributed by atoms with Gasteiger partial charge in [0.1, 0.15) is 5.75 Å². The SMILES string of the molecule is CNC(=O)c1cccc(OCC(=O)Nc2ccccc2-c2ccccc2)c1. The van der Waals surface area contributed by atoms with Gasteiger partial charge in [0.25, 0.3) is 11.8 Å². The van der Waals surface area contributed by atoms with E-state index in [1.54, 1.807) is 31.3 Å². The van der Waals surface area contributed by atoms with Gasteiger partial charge in [-0.3, -0.25) is 9.59 Å². The van der Waals surface area contributed by atoms with Crippen LogP contribution in [0.1, 0.15) is 10.4 Å². The second-order valence-electron chi connectivity index (χ2n) is 5.86. The Morgan fingerprint density at radius 3 is 2.41 bits per heavy atom. The molecule has 2 amide bonds. The summed E-state index contributed by atoms with van der Waals surface area (Å²) in [6.07, 6.45) is 0. The van der Waals surface area contributed by atoms with E-state index in [4.69, 9.17) is 4.74 Å². The Labute approximate surface area is 158 Å². The maximum atomic E-state index is 12.3. The van der Waals surface area contributed by atoms with Crippen molar-refractivity contribution < 1.29 is 14.3 Å². The Hall–Kier alpha value is -3.60. The van der Waals surface area contributed by atoms with Gasteiger partial charge in [0.2, 0.25) is 0 Å². The molecule has 0 aromatic heterocycles. The number of hydrogen-bond acceptors (Lipinski definition) is 3. The van der Waals surface area contributed by atoms with Crippen molar-refractivity contribution >= 4 is 17.5 Å². The molecule has 0 atom stereocenters.